The average Bonchev–Trinajstić information content (AvgIpc) is 3.11. The number of hydrogen-bond acceptors (Lipinski definition) is 4. The Morgan fingerprint density at radius 3 is 2.68 bits per heavy atom. The van der Waals surface area contributed by atoms with Gasteiger partial charge < -0.3 is 19.4 Å². The van der Waals surface area contributed by atoms with Crippen LogP contribution in [0.25, 0.3) is 11.3 Å². The Labute approximate surface area is 174 Å². The molecule has 0 bridgehead atoms. The molecule has 0 saturated heterocycles. The van der Waals surface area contributed by atoms with Crippen molar-refractivity contribution in [1.82, 2.24) is 14.9 Å². The molecule has 1 amide bonds. The quantitative estimate of drug-likeness (QED) is 0.727. The highest BCUT2D eigenvalue weighted by atomic mass is 19.4. The standard InChI is InChI=1S/C20H20F5N3O3/c21-16-14(7-13-15-8-26-10-28(15)5-6-30-18(13)17(16)22)19(29)27-11-1-3-12(4-2-11)31-9-20(23,24)25/h7-8,10-12H,1-6,9H2,(H,27,29). The van der Waals surface area contributed by atoms with Crippen molar-refractivity contribution < 1.29 is 36.2 Å². The molecule has 1 saturated carbocycles. The van der Waals surface area contributed by atoms with Gasteiger partial charge in [-0.05, 0) is 31.7 Å². The third-order valence-corrected chi connectivity index (χ3v) is 5.47. The predicted octanol–water partition coefficient (Wildman–Crippen LogP) is 3.84. The van der Waals surface area contributed by atoms with Gasteiger partial charge in [0.2, 0.25) is 5.82 Å². The number of rotatable bonds is 4. The first-order valence-electron chi connectivity index (χ1n) is 9.87. The first-order chi connectivity index (χ1) is 14.7. The molecule has 1 N–H and O–H groups in total. The van der Waals surface area contributed by atoms with E-state index in [4.69, 9.17) is 9.47 Å². The Morgan fingerprint density at radius 1 is 1.23 bits per heavy atom. The monoisotopic (exact) mass is 445 g/mol. The number of benzene rings is 1. The first-order valence-corrected chi connectivity index (χ1v) is 9.87. The van der Waals surface area contributed by atoms with Crippen molar-refractivity contribution in [2.24, 2.45) is 0 Å². The Bertz CT molecular complexity index is 968. The largest absolute Gasteiger partial charge is 0.488 e. The number of alkyl halides is 3. The van der Waals surface area contributed by atoms with Gasteiger partial charge in [0.05, 0.1) is 36.4 Å². The number of nitrogens with one attached hydrogen (secondary N) is 1. The fraction of sp³-hybridized carbons (Fsp3) is 0.500. The maximum Gasteiger partial charge on any atom is 0.411 e. The van der Waals surface area contributed by atoms with E-state index in [-0.39, 0.29) is 24.0 Å². The lowest BCUT2D eigenvalue weighted by Crippen LogP contribution is -2.40. The molecule has 1 aliphatic heterocycles. The highest BCUT2D eigenvalue weighted by Gasteiger charge is 2.32. The van der Waals surface area contributed by atoms with Crippen LogP contribution in [0, 0.1) is 11.6 Å². The van der Waals surface area contributed by atoms with E-state index in [0.29, 0.717) is 37.9 Å². The summed E-state index contributed by atoms with van der Waals surface area (Å²) in [6.45, 7) is -0.795. The summed E-state index contributed by atoms with van der Waals surface area (Å²) in [6.07, 6.45) is -0.517. The summed E-state index contributed by atoms with van der Waals surface area (Å²) < 4.78 is 78.1. The molecule has 0 radical (unpaired) electrons. The number of ether oxygens (including phenoxy) is 2. The van der Waals surface area contributed by atoms with Crippen molar-refractivity contribution >= 4 is 5.91 Å². The number of nitrogens with zero attached hydrogens (tertiary/aromatic N) is 2. The second-order valence-electron chi connectivity index (χ2n) is 7.62. The number of hydrogen-bond donors (Lipinski definition) is 1. The van der Waals surface area contributed by atoms with Crippen LogP contribution in [0.1, 0.15) is 36.0 Å². The minimum Gasteiger partial charge on any atom is -0.488 e. The van der Waals surface area contributed by atoms with Crippen LogP contribution in [-0.2, 0) is 11.3 Å². The molecule has 1 aromatic heterocycles. The maximum absolute atomic E-state index is 14.7. The Morgan fingerprint density at radius 2 is 1.97 bits per heavy atom. The molecule has 2 aromatic rings. The molecule has 168 valence electrons. The van der Waals surface area contributed by atoms with Gasteiger partial charge in [-0.1, -0.05) is 0 Å². The van der Waals surface area contributed by atoms with Crippen LogP contribution in [0.15, 0.2) is 18.6 Å². The lowest BCUT2D eigenvalue weighted by molar-refractivity contribution is -0.188. The number of aromatic nitrogens is 2. The van der Waals surface area contributed by atoms with Crippen molar-refractivity contribution in [3.63, 3.8) is 0 Å². The normalized spacial score (nSPS) is 20.9. The van der Waals surface area contributed by atoms with Crippen LogP contribution in [-0.4, -0.2) is 47.0 Å². The molecule has 0 atom stereocenters. The van der Waals surface area contributed by atoms with E-state index < -0.39 is 42.0 Å². The van der Waals surface area contributed by atoms with Crippen molar-refractivity contribution in [2.45, 2.75) is 50.6 Å². The van der Waals surface area contributed by atoms with E-state index in [1.807, 2.05) is 0 Å². The van der Waals surface area contributed by atoms with Crippen LogP contribution in [0.2, 0.25) is 0 Å². The Hall–Kier alpha value is -2.69. The molecule has 6 nitrogen and oxygen atoms in total. The van der Waals surface area contributed by atoms with E-state index in [1.165, 1.54) is 18.6 Å². The molecular formula is C20H20F5N3O3. The van der Waals surface area contributed by atoms with Crippen LogP contribution < -0.4 is 10.1 Å². The van der Waals surface area contributed by atoms with Crippen molar-refractivity contribution in [3.05, 3.63) is 35.8 Å². The van der Waals surface area contributed by atoms with Crippen LogP contribution in [0.4, 0.5) is 22.0 Å². The zero-order chi connectivity index (χ0) is 22.2. The molecule has 0 spiro atoms. The van der Waals surface area contributed by atoms with E-state index in [2.05, 4.69) is 10.3 Å². The number of carbonyl (C=O) groups is 1. The van der Waals surface area contributed by atoms with Gasteiger partial charge >= 0.3 is 6.18 Å². The maximum atomic E-state index is 14.7. The summed E-state index contributed by atoms with van der Waals surface area (Å²) in [5, 5.41) is 2.65. The zero-order valence-electron chi connectivity index (χ0n) is 16.3. The van der Waals surface area contributed by atoms with E-state index >= 15 is 0 Å². The van der Waals surface area contributed by atoms with Gasteiger partial charge in [0, 0.05) is 11.6 Å². The number of amides is 1. The highest BCUT2D eigenvalue weighted by molar-refractivity contribution is 5.96. The summed E-state index contributed by atoms with van der Waals surface area (Å²) >= 11 is 0. The van der Waals surface area contributed by atoms with E-state index in [9.17, 15) is 26.7 Å². The molecular weight excluding hydrogens is 425 g/mol. The molecule has 0 unspecified atom stereocenters. The number of fused-ring (bicyclic) bond motifs is 3. The lowest BCUT2D eigenvalue weighted by Gasteiger charge is -2.29. The Kier molecular flexibility index (Phi) is 5.87. The Balaban J connectivity index is 1.46. The van der Waals surface area contributed by atoms with Gasteiger partial charge in [0.1, 0.15) is 13.2 Å². The molecule has 4 rings (SSSR count). The third kappa shape index (κ3) is 4.65. The molecule has 2 heterocycles. The molecule has 1 aliphatic carbocycles. The topological polar surface area (TPSA) is 65.4 Å². The SMILES string of the molecule is O=C(NC1CCC(OCC(F)(F)F)CC1)c1cc2c(c(F)c1F)OCCn1cncc1-2. The smallest absolute Gasteiger partial charge is 0.411 e. The predicted molar refractivity (Wildman–Crippen MR) is 98.6 cm³/mol. The van der Waals surface area contributed by atoms with Crippen molar-refractivity contribution in [2.75, 3.05) is 13.2 Å². The third-order valence-electron chi connectivity index (χ3n) is 5.47. The van der Waals surface area contributed by atoms with Gasteiger partial charge in [-0.15, -0.1) is 0 Å². The van der Waals surface area contributed by atoms with Gasteiger partial charge in [-0.25, -0.2) is 9.37 Å². The van der Waals surface area contributed by atoms with Crippen molar-refractivity contribution in [1.29, 1.82) is 0 Å². The van der Waals surface area contributed by atoms with Gasteiger partial charge in [-0.2, -0.15) is 17.6 Å². The second kappa shape index (κ2) is 8.45. The number of halogens is 5. The highest BCUT2D eigenvalue weighted by Crippen LogP contribution is 2.37. The molecule has 31 heavy (non-hydrogen) atoms. The first kappa shape index (κ1) is 21.5. The summed E-state index contributed by atoms with van der Waals surface area (Å²) in [6, 6.07) is 0.862. The molecule has 2 aliphatic rings. The summed E-state index contributed by atoms with van der Waals surface area (Å²) in [5.41, 5.74) is 0.260. The fourth-order valence-electron chi connectivity index (χ4n) is 3.92. The van der Waals surface area contributed by atoms with Gasteiger partial charge in [0.15, 0.2) is 11.6 Å². The number of carbonyl (C=O) groups excluding carboxylic acids is 1. The van der Waals surface area contributed by atoms with Crippen LogP contribution in [0.3, 0.4) is 0 Å². The second-order valence-corrected chi connectivity index (χ2v) is 7.62. The minimum absolute atomic E-state index is 0.123. The summed E-state index contributed by atoms with van der Waals surface area (Å²) in [4.78, 5) is 16.7. The average molecular weight is 445 g/mol. The van der Waals surface area contributed by atoms with Crippen molar-refractivity contribution in [3.8, 4) is 17.0 Å². The summed E-state index contributed by atoms with van der Waals surface area (Å²) in [5.74, 6) is -3.63. The molecule has 1 aromatic carbocycles. The van der Waals surface area contributed by atoms with Gasteiger partial charge in [0.25, 0.3) is 5.91 Å². The van der Waals surface area contributed by atoms with E-state index in [1.54, 1.807) is 4.57 Å². The molecule has 11 heteroatoms. The fourth-order valence-corrected chi connectivity index (χ4v) is 3.92. The minimum atomic E-state index is -4.39. The number of imidazole rings is 1. The van der Waals surface area contributed by atoms with E-state index in [0.717, 1.165) is 0 Å². The molecule has 1 fully saturated rings. The lowest BCUT2D eigenvalue weighted by atomic mass is 9.92. The van der Waals surface area contributed by atoms with Crippen LogP contribution >= 0.6 is 0 Å². The van der Waals surface area contributed by atoms with Gasteiger partial charge in [-0.3, -0.25) is 4.79 Å². The zero-order valence-corrected chi connectivity index (χ0v) is 16.3. The summed E-state index contributed by atoms with van der Waals surface area (Å²) in [7, 11) is 0. The van der Waals surface area contributed by atoms with Crippen LogP contribution in [0.5, 0.6) is 5.75 Å².